The average molecular weight is 1230 g/mol. The summed E-state index contributed by atoms with van der Waals surface area (Å²) >= 11 is 0. The summed E-state index contributed by atoms with van der Waals surface area (Å²) in [6.45, 7) is 12.0. The Morgan fingerprint density at radius 2 is 0.685 bits per heavy atom. The number of carbonyl (C=O) groups is 4. The first-order valence-corrected chi connectivity index (χ1v) is 29.2. The molecule has 6 aromatic rings. The molecule has 6 aromatic carbocycles. The predicted octanol–water partition coefficient (Wildman–Crippen LogP) is 12.0. The Balaban J connectivity index is 0.719. The van der Waals surface area contributed by atoms with Crippen molar-refractivity contribution in [3.8, 4) is 57.5 Å². The minimum atomic E-state index is -0.564. The zero-order chi connectivity index (χ0) is 62.9. The van der Waals surface area contributed by atoms with Gasteiger partial charge in [0.15, 0.2) is 34.5 Å². The van der Waals surface area contributed by atoms with E-state index in [-0.39, 0.29) is 13.2 Å². The van der Waals surface area contributed by atoms with E-state index >= 15 is 0 Å². The van der Waals surface area contributed by atoms with Gasteiger partial charge in [-0.15, -0.1) is 0 Å². The second-order valence-electron chi connectivity index (χ2n) is 19.2. The van der Waals surface area contributed by atoms with Crippen molar-refractivity contribution in [3.63, 3.8) is 0 Å². The Labute approximate surface area is 518 Å². The van der Waals surface area contributed by atoms with Crippen LogP contribution in [0.2, 0.25) is 0 Å². The molecule has 0 aliphatic heterocycles. The third kappa shape index (κ3) is 27.2. The molecule has 0 fully saturated rings. The second kappa shape index (κ2) is 41.1. The van der Waals surface area contributed by atoms with Crippen LogP contribution in [0.5, 0.6) is 57.5 Å². The van der Waals surface area contributed by atoms with E-state index < -0.39 is 23.9 Å². The van der Waals surface area contributed by atoms with Gasteiger partial charge >= 0.3 is 23.9 Å². The van der Waals surface area contributed by atoms with E-state index in [1.807, 2.05) is 48.5 Å². The summed E-state index contributed by atoms with van der Waals surface area (Å²) in [4.78, 5) is 69.8. The molecule has 476 valence electrons. The van der Waals surface area contributed by atoms with E-state index in [0.29, 0.717) is 148 Å². The van der Waals surface area contributed by atoms with Gasteiger partial charge in [-0.05, 0) is 172 Å². The number of ether oxygens (including phenoxy) is 13. The van der Waals surface area contributed by atoms with Crippen LogP contribution < -0.4 is 47.7 Å². The molecule has 0 bridgehead atoms. The highest BCUT2D eigenvalue weighted by atomic mass is 17.2. The van der Waals surface area contributed by atoms with Crippen LogP contribution in [-0.4, -0.2) is 117 Å². The molecular formula is C68H78O21. The minimum Gasteiger partial charge on any atom is -0.493 e. The molecule has 0 atom stereocenters. The van der Waals surface area contributed by atoms with Crippen LogP contribution in [-0.2, 0) is 56.3 Å². The number of rotatable bonds is 46. The molecule has 0 N–H and O–H groups in total. The van der Waals surface area contributed by atoms with Gasteiger partial charge in [-0.3, -0.25) is 0 Å². The van der Waals surface area contributed by atoms with Crippen LogP contribution in [0.3, 0.4) is 0 Å². The van der Waals surface area contributed by atoms with Gasteiger partial charge in [0.1, 0.15) is 49.4 Å². The van der Waals surface area contributed by atoms with Crippen molar-refractivity contribution in [1.29, 1.82) is 0 Å². The Kier molecular flexibility index (Phi) is 31.9. The summed E-state index contributed by atoms with van der Waals surface area (Å²) in [5.41, 5.74) is 2.32. The summed E-state index contributed by atoms with van der Waals surface area (Å²) in [5, 5.41) is 0. The summed E-state index contributed by atoms with van der Waals surface area (Å²) in [6, 6.07) is 37.5. The monoisotopic (exact) mass is 1230 g/mol. The molecule has 0 saturated carbocycles. The highest BCUT2D eigenvalue weighted by Gasteiger charge is 2.16. The minimum absolute atomic E-state index is 0.184. The van der Waals surface area contributed by atoms with E-state index in [0.717, 1.165) is 74.6 Å². The number of hydrogen-bond donors (Lipinski definition) is 0. The molecule has 21 heteroatoms. The lowest BCUT2D eigenvalue weighted by Gasteiger charge is -2.12. The molecule has 0 aliphatic carbocycles. The fourth-order valence-corrected chi connectivity index (χ4v) is 7.90. The first-order chi connectivity index (χ1) is 43.6. The highest BCUT2D eigenvalue weighted by Crippen LogP contribution is 2.31. The SMILES string of the molecule is C=CC(=O)OCCCCCCOc1ccc(C(=O)Oc2ccc(OOCc3ccc(OCCOCCOCCOCCOc4ccc(COOc5ccc(OC(=O)c6ccc(OCCCCCCOC(=O)C=C)c(OC)c6)cc5)cc4)cc3)cc2)cc1OC. The van der Waals surface area contributed by atoms with Crippen LogP contribution in [0.4, 0.5) is 0 Å². The number of benzene rings is 6. The summed E-state index contributed by atoms with van der Waals surface area (Å²) in [5.74, 6) is 2.75. The molecule has 0 radical (unpaired) electrons. The molecule has 0 saturated heterocycles. The topological polar surface area (TPSA) is 225 Å². The third-order valence-corrected chi connectivity index (χ3v) is 12.6. The van der Waals surface area contributed by atoms with E-state index in [9.17, 15) is 19.2 Å². The van der Waals surface area contributed by atoms with Gasteiger partial charge in [0.25, 0.3) is 0 Å². The van der Waals surface area contributed by atoms with E-state index in [1.165, 1.54) is 14.2 Å². The van der Waals surface area contributed by atoms with E-state index in [4.69, 9.17) is 81.1 Å². The van der Waals surface area contributed by atoms with Crippen LogP contribution in [0.25, 0.3) is 0 Å². The Hall–Kier alpha value is -9.12. The largest absolute Gasteiger partial charge is 0.493 e. The van der Waals surface area contributed by atoms with Gasteiger partial charge in [0, 0.05) is 12.2 Å². The van der Waals surface area contributed by atoms with Gasteiger partial charge in [-0.1, -0.05) is 37.4 Å². The van der Waals surface area contributed by atoms with Crippen molar-refractivity contribution in [1.82, 2.24) is 0 Å². The normalized spacial score (nSPS) is 10.7. The van der Waals surface area contributed by atoms with Gasteiger partial charge < -0.3 is 71.4 Å². The summed E-state index contributed by atoms with van der Waals surface area (Å²) in [6.07, 6.45) is 9.04. The lowest BCUT2D eigenvalue weighted by Crippen LogP contribution is -2.14. The molecule has 0 unspecified atom stereocenters. The van der Waals surface area contributed by atoms with Crippen molar-refractivity contribution >= 4 is 23.9 Å². The molecule has 0 aliphatic rings. The van der Waals surface area contributed by atoms with Crippen LogP contribution >= 0.6 is 0 Å². The Bertz CT molecular complexity index is 2830. The number of esters is 4. The highest BCUT2D eigenvalue weighted by molar-refractivity contribution is 5.92. The molecule has 0 aromatic heterocycles. The standard InChI is InChI=1S/C68H78O21/c1-5-65(69)82-37-13-9-7-11-35-80-61-33-19-53(47-63(61)73-3)67(71)86-57-25-29-59(30-26-57)88-84-49-51-15-21-55(22-16-51)78-45-43-76-41-39-75-40-42-77-44-46-79-56-23-17-52(18-24-56)50-85-89-60-31-27-58(28-32-60)87-68(72)54-20-34-62(64(48-54)74-4)81-36-12-8-10-14-38-83-66(70)6-2/h5-6,15-34,47-48H,1-2,7-14,35-46,49-50H2,3-4H3. The van der Waals surface area contributed by atoms with Crippen molar-refractivity contribution in [3.05, 3.63) is 181 Å². The zero-order valence-corrected chi connectivity index (χ0v) is 50.4. The maximum atomic E-state index is 12.9. The lowest BCUT2D eigenvalue weighted by atomic mass is 10.2. The van der Waals surface area contributed by atoms with Crippen LogP contribution in [0.1, 0.15) is 83.2 Å². The molecule has 21 nitrogen and oxygen atoms in total. The van der Waals surface area contributed by atoms with E-state index in [2.05, 4.69) is 13.2 Å². The predicted molar refractivity (Wildman–Crippen MR) is 326 cm³/mol. The van der Waals surface area contributed by atoms with Gasteiger partial charge in [0.05, 0.1) is 91.4 Å². The Morgan fingerprint density at radius 1 is 0.348 bits per heavy atom. The lowest BCUT2D eigenvalue weighted by molar-refractivity contribution is -0.217. The molecular weight excluding hydrogens is 1150 g/mol. The van der Waals surface area contributed by atoms with E-state index in [1.54, 1.807) is 84.9 Å². The molecule has 89 heavy (non-hydrogen) atoms. The summed E-state index contributed by atoms with van der Waals surface area (Å²) in [7, 11) is 3.01. The number of unbranched alkanes of at least 4 members (excludes halogenated alkanes) is 6. The fourth-order valence-electron chi connectivity index (χ4n) is 7.90. The fraction of sp³-hybridized carbons (Fsp3) is 0.353. The maximum absolute atomic E-state index is 12.9. The molecule has 0 amide bonds. The second-order valence-corrected chi connectivity index (χ2v) is 19.2. The van der Waals surface area contributed by atoms with Crippen molar-refractivity contribution in [2.45, 2.75) is 64.6 Å². The number of hydrogen-bond acceptors (Lipinski definition) is 21. The van der Waals surface area contributed by atoms with Gasteiger partial charge in [0.2, 0.25) is 0 Å². The van der Waals surface area contributed by atoms with Gasteiger partial charge in [-0.2, -0.15) is 9.78 Å². The van der Waals surface area contributed by atoms with Gasteiger partial charge in [-0.25, -0.2) is 19.2 Å². The van der Waals surface area contributed by atoms with Crippen LogP contribution in [0, 0.1) is 0 Å². The summed E-state index contributed by atoms with van der Waals surface area (Å²) < 4.78 is 72.2. The third-order valence-electron chi connectivity index (χ3n) is 12.6. The Morgan fingerprint density at radius 3 is 1.04 bits per heavy atom. The smallest absolute Gasteiger partial charge is 0.343 e. The van der Waals surface area contributed by atoms with Crippen molar-refractivity contribution < 1.29 is 100 Å². The van der Waals surface area contributed by atoms with Crippen molar-refractivity contribution in [2.24, 2.45) is 0 Å². The molecule has 6 rings (SSSR count). The number of carbonyl (C=O) groups excluding carboxylic acids is 4. The quantitative estimate of drug-likeness (QED) is 0.00864. The first-order valence-electron chi connectivity index (χ1n) is 29.2. The maximum Gasteiger partial charge on any atom is 0.343 e. The zero-order valence-electron chi connectivity index (χ0n) is 50.4. The average Bonchev–Trinajstić information content (AvgIpc) is 3.15. The number of methoxy groups -OCH3 is 2. The molecule has 0 heterocycles. The molecule has 0 spiro atoms. The van der Waals surface area contributed by atoms with Crippen molar-refractivity contribution in [2.75, 3.05) is 93.5 Å². The first kappa shape index (κ1) is 69.0. The van der Waals surface area contributed by atoms with Crippen LogP contribution in [0.15, 0.2) is 159 Å².